The Hall–Kier alpha value is -1.39. The lowest BCUT2D eigenvalue weighted by atomic mass is 10.5. The highest BCUT2D eigenvalue weighted by molar-refractivity contribution is 5.86. The summed E-state index contributed by atoms with van der Waals surface area (Å²) in [6.07, 6.45) is 0.709. The first-order valence-electron chi connectivity index (χ1n) is 5.03. The van der Waals surface area contributed by atoms with Crippen molar-refractivity contribution in [2.24, 2.45) is 0 Å². The number of carbonyl (C=O) groups is 1. The zero-order valence-electron chi connectivity index (χ0n) is 9.41. The monoisotopic (exact) mass is 218 g/mol. The molecule has 0 aliphatic carbocycles. The third-order valence-electron chi connectivity index (χ3n) is 1.39. The Morgan fingerprint density at radius 2 is 1.67 bits per heavy atom. The van der Waals surface area contributed by atoms with E-state index in [9.17, 15) is 9.90 Å². The number of hydrogen-bond acceptors (Lipinski definition) is 5. The largest absolute Gasteiger partial charge is 0.482 e. The van der Waals surface area contributed by atoms with Crippen LogP contribution in [0.1, 0.15) is 27.2 Å². The molecular formula is C10H18O5. The molecule has 5 nitrogen and oxygen atoms in total. The van der Waals surface area contributed by atoms with Crippen LogP contribution in [0.5, 0.6) is 0 Å². The van der Waals surface area contributed by atoms with Crippen LogP contribution in [0.25, 0.3) is 0 Å². The number of carbonyl (C=O) groups excluding carboxylic acids is 1. The molecule has 0 heterocycles. The number of ether oxygens (including phenoxy) is 3. The molecule has 0 atom stereocenters. The summed E-state index contributed by atoms with van der Waals surface area (Å²) in [6.45, 7) is 6.06. The average molecular weight is 218 g/mol. The molecule has 0 rings (SSSR count). The van der Waals surface area contributed by atoms with Gasteiger partial charge in [-0.1, -0.05) is 6.92 Å². The molecule has 0 saturated heterocycles. The van der Waals surface area contributed by atoms with Gasteiger partial charge in [-0.15, -0.1) is 0 Å². The minimum absolute atomic E-state index is 0.253. The lowest BCUT2D eigenvalue weighted by molar-refractivity contribution is -0.144. The van der Waals surface area contributed by atoms with Gasteiger partial charge in [0.1, 0.15) is 0 Å². The summed E-state index contributed by atoms with van der Waals surface area (Å²) in [7, 11) is 0. The summed E-state index contributed by atoms with van der Waals surface area (Å²) in [5.41, 5.74) is 0. The number of esters is 1. The van der Waals surface area contributed by atoms with Crippen LogP contribution in [-0.2, 0) is 19.0 Å². The first kappa shape index (κ1) is 13.6. The second kappa shape index (κ2) is 7.96. The molecule has 5 heteroatoms. The van der Waals surface area contributed by atoms with E-state index < -0.39 is 11.9 Å². The predicted octanol–water partition coefficient (Wildman–Crippen LogP) is 1.74. The summed E-state index contributed by atoms with van der Waals surface area (Å²) < 4.78 is 14.5. The number of aliphatic hydroxyl groups is 1. The molecule has 0 aliphatic rings. The Morgan fingerprint density at radius 1 is 1.07 bits per heavy atom. The van der Waals surface area contributed by atoms with Gasteiger partial charge in [0.25, 0.3) is 5.76 Å². The summed E-state index contributed by atoms with van der Waals surface area (Å²) >= 11 is 0. The van der Waals surface area contributed by atoms with Gasteiger partial charge in [-0.25, -0.2) is 4.79 Å². The van der Waals surface area contributed by atoms with E-state index in [2.05, 4.69) is 0 Å². The fraction of sp³-hybridized carbons (Fsp3) is 0.700. The van der Waals surface area contributed by atoms with Gasteiger partial charge < -0.3 is 19.3 Å². The van der Waals surface area contributed by atoms with Gasteiger partial charge >= 0.3 is 11.9 Å². The third-order valence-corrected chi connectivity index (χ3v) is 1.39. The fourth-order valence-corrected chi connectivity index (χ4v) is 0.815. The maximum absolute atomic E-state index is 11.4. The molecule has 0 spiro atoms. The first-order chi connectivity index (χ1) is 7.17. The molecule has 0 aromatic heterocycles. The molecule has 0 aliphatic heterocycles. The van der Waals surface area contributed by atoms with Crippen molar-refractivity contribution < 1.29 is 24.1 Å². The van der Waals surface area contributed by atoms with E-state index in [0.29, 0.717) is 6.42 Å². The zero-order chi connectivity index (χ0) is 11.7. The van der Waals surface area contributed by atoms with Crippen molar-refractivity contribution in [1.82, 2.24) is 0 Å². The molecule has 1 N–H and O–H groups in total. The Kier molecular flexibility index (Phi) is 7.23. The molecule has 15 heavy (non-hydrogen) atoms. The standard InChI is InChI=1S/C10H18O5/c1-4-7-15-10(12)8(13-5-2)9(11)14-6-3/h11H,4-7H2,1-3H3. The topological polar surface area (TPSA) is 65.0 Å². The average Bonchev–Trinajstić information content (AvgIpc) is 2.22. The van der Waals surface area contributed by atoms with Gasteiger partial charge in [-0.3, -0.25) is 0 Å². The van der Waals surface area contributed by atoms with Gasteiger partial charge in [-0.05, 0) is 20.3 Å². The normalized spacial score (nSPS) is 11.7. The van der Waals surface area contributed by atoms with Crippen molar-refractivity contribution in [3.63, 3.8) is 0 Å². The quantitative estimate of drug-likeness (QED) is 0.400. The maximum atomic E-state index is 11.4. The Morgan fingerprint density at radius 3 is 2.13 bits per heavy atom. The van der Waals surface area contributed by atoms with E-state index >= 15 is 0 Å². The van der Waals surface area contributed by atoms with Crippen LogP contribution in [0.4, 0.5) is 0 Å². The van der Waals surface area contributed by atoms with Crippen molar-refractivity contribution >= 4 is 5.97 Å². The van der Waals surface area contributed by atoms with Gasteiger partial charge in [0.15, 0.2) is 0 Å². The number of hydrogen-bond donors (Lipinski definition) is 1. The summed E-state index contributed by atoms with van der Waals surface area (Å²) in [5.74, 6) is -1.50. The van der Waals surface area contributed by atoms with Crippen LogP contribution in [0, 0.1) is 0 Å². The molecule has 0 unspecified atom stereocenters. The van der Waals surface area contributed by atoms with Gasteiger partial charge in [0.05, 0.1) is 19.8 Å². The van der Waals surface area contributed by atoms with Crippen LogP contribution >= 0.6 is 0 Å². The van der Waals surface area contributed by atoms with Crippen LogP contribution in [0.15, 0.2) is 11.7 Å². The number of aliphatic hydroxyl groups excluding tert-OH is 1. The summed E-state index contributed by atoms with van der Waals surface area (Å²) in [6, 6.07) is 0. The highest BCUT2D eigenvalue weighted by atomic mass is 16.6. The van der Waals surface area contributed by atoms with Crippen LogP contribution in [-0.4, -0.2) is 30.9 Å². The van der Waals surface area contributed by atoms with Crippen LogP contribution < -0.4 is 0 Å². The molecular weight excluding hydrogens is 200 g/mol. The molecule has 0 radical (unpaired) electrons. The lowest BCUT2D eigenvalue weighted by Crippen LogP contribution is -2.15. The van der Waals surface area contributed by atoms with Crippen molar-refractivity contribution in [1.29, 1.82) is 0 Å². The Bertz CT molecular complexity index is 222. The van der Waals surface area contributed by atoms with Crippen molar-refractivity contribution in [3.05, 3.63) is 11.7 Å². The fourth-order valence-electron chi connectivity index (χ4n) is 0.815. The van der Waals surface area contributed by atoms with Crippen LogP contribution in [0.3, 0.4) is 0 Å². The van der Waals surface area contributed by atoms with E-state index in [-0.39, 0.29) is 25.6 Å². The molecule has 88 valence electrons. The van der Waals surface area contributed by atoms with Gasteiger partial charge in [-0.2, -0.15) is 0 Å². The third kappa shape index (κ3) is 5.15. The first-order valence-corrected chi connectivity index (χ1v) is 5.03. The summed E-state index contributed by atoms with van der Waals surface area (Å²) in [4.78, 5) is 11.4. The second-order valence-corrected chi connectivity index (χ2v) is 2.64. The Labute approximate surface area is 89.6 Å². The number of rotatable bonds is 7. The highest BCUT2D eigenvalue weighted by Gasteiger charge is 2.19. The second-order valence-electron chi connectivity index (χ2n) is 2.64. The molecule has 0 bridgehead atoms. The highest BCUT2D eigenvalue weighted by Crippen LogP contribution is 2.08. The van der Waals surface area contributed by atoms with E-state index in [1.54, 1.807) is 13.8 Å². The minimum Gasteiger partial charge on any atom is -0.482 e. The van der Waals surface area contributed by atoms with E-state index in [0.717, 1.165) is 0 Å². The van der Waals surface area contributed by atoms with Crippen LogP contribution in [0.2, 0.25) is 0 Å². The Balaban J connectivity index is 4.49. The molecule has 0 fully saturated rings. The van der Waals surface area contributed by atoms with E-state index in [1.165, 1.54) is 0 Å². The van der Waals surface area contributed by atoms with Crippen molar-refractivity contribution in [3.8, 4) is 0 Å². The van der Waals surface area contributed by atoms with Crippen molar-refractivity contribution in [2.45, 2.75) is 27.2 Å². The smallest absolute Gasteiger partial charge is 0.381 e. The molecule has 0 aromatic rings. The molecule has 0 aromatic carbocycles. The lowest BCUT2D eigenvalue weighted by Gasteiger charge is -2.10. The minimum atomic E-state index is -0.704. The van der Waals surface area contributed by atoms with Gasteiger partial charge in [0.2, 0.25) is 0 Å². The van der Waals surface area contributed by atoms with E-state index in [4.69, 9.17) is 14.2 Å². The zero-order valence-corrected chi connectivity index (χ0v) is 9.41. The predicted molar refractivity (Wildman–Crippen MR) is 54.2 cm³/mol. The molecule has 0 saturated carbocycles. The van der Waals surface area contributed by atoms with E-state index in [1.807, 2.05) is 6.92 Å². The van der Waals surface area contributed by atoms with Crippen molar-refractivity contribution in [2.75, 3.05) is 19.8 Å². The summed E-state index contributed by atoms with van der Waals surface area (Å²) in [5, 5.41) is 9.34. The van der Waals surface area contributed by atoms with Gasteiger partial charge in [0, 0.05) is 0 Å². The SMILES string of the molecule is CCCOC(=O)C(OCC)=C(O)OCC. The maximum Gasteiger partial charge on any atom is 0.381 e. The molecule has 0 amide bonds.